The van der Waals surface area contributed by atoms with Crippen molar-refractivity contribution in [3.05, 3.63) is 87.1 Å². The molecule has 1 heterocycles. The highest BCUT2D eigenvalue weighted by atomic mass is 79.9. The second-order valence-corrected chi connectivity index (χ2v) is 7.51. The lowest BCUT2D eigenvalue weighted by molar-refractivity contribution is -0.121. The molecule has 144 valence electrons. The number of rotatable bonds is 7. The maximum Gasteiger partial charge on any atom is 0.266 e. The molecule has 0 spiro atoms. The molecule has 3 aromatic rings. The summed E-state index contributed by atoms with van der Waals surface area (Å²) in [6, 6.07) is 20.8. The van der Waals surface area contributed by atoms with Crippen LogP contribution in [0, 0.1) is 0 Å². The van der Waals surface area contributed by atoms with E-state index in [1.165, 1.54) is 10.7 Å². The third-order valence-electron chi connectivity index (χ3n) is 4.46. The average molecular weight is 440 g/mol. The Morgan fingerprint density at radius 3 is 2.50 bits per heavy atom. The van der Waals surface area contributed by atoms with Gasteiger partial charge in [0.1, 0.15) is 0 Å². The van der Waals surface area contributed by atoms with Crippen molar-refractivity contribution >= 4 is 21.8 Å². The molecule has 28 heavy (non-hydrogen) atoms. The van der Waals surface area contributed by atoms with Gasteiger partial charge in [-0.2, -0.15) is 5.10 Å². The van der Waals surface area contributed by atoms with Gasteiger partial charge >= 0.3 is 0 Å². The molecular formula is C22H22BrN3O2. The van der Waals surface area contributed by atoms with Crippen molar-refractivity contribution < 1.29 is 4.79 Å². The van der Waals surface area contributed by atoms with Gasteiger partial charge in [0, 0.05) is 29.1 Å². The lowest BCUT2D eigenvalue weighted by Gasteiger charge is -2.14. The SMILES string of the molecule is CC(NC(=O)CCCn1nc(-c2ccc(Br)cc2)ccc1=O)c1ccccc1. The Labute approximate surface area is 172 Å². The zero-order chi connectivity index (χ0) is 19.9. The van der Waals surface area contributed by atoms with Crippen LogP contribution in [0.2, 0.25) is 0 Å². The van der Waals surface area contributed by atoms with Crippen LogP contribution in [0.5, 0.6) is 0 Å². The van der Waals surface area contributed by atoms with E-state index in [2.05, 4.69) is 26.3 Å². The molecule has 1 unspecified atom stereocenters. The Hall–Kier alpha value is -2.73. The first-order valence-electron chi connectivity index (χ1n) is 9.21. The third kappa shape index (κ3) is 5.39. The number of nitrogens with one attached hydrogen (secondary N) is 1. The number of hydrogen-bond acceptors (Lipinski definition) is 3. The van der Waals surface area contributed by atoms with Crippen molar-refractivity contribution in [1.82, 2.24) is 15.1 Å². The Morgan fingerprint density at radius 2 is 1.79 bits per heavy atom. The highest BCUT2D eigenvalue weighted by molar-refractivity contribution is 9.10. The third-order valence-corrected chi connectivity index (χ3v) is 4.99. The van der Waals surface area contributed by atoms with Crippen molar-refractivity contribution in [3.63, 3.8) is 0 Å². The van der Waals surface area contributed by atoms with Crippen molar-refractivity contribution in [3.8, 4) is 11.3 Å². The monoisotopic (exact) mass is 439 g/mol. The molecule has 1 aromatic heterocycles. The van der Waals surface area contributed by atoms with Crippen LogP contribution in [-0.4, -0.2) is 15.7 Å². The Morgan fingerprint density at radius 1 is 1.07 bits per heavy atom. The van der Waals surface area contributed by atoms with E-state index in [4.69, 9.17) is 0 Å². The van der Waals surface area contributed by atoms with Crippen LogP contribution in [0.25, 0.3) is 11.3 Å². The summed E-state index contributed by atoms with van der Waals surface area (Å²) in [5.74, 6) is -0.0338. The summed E-state index contributed by atoms with van der Waals surface area (Å²) in [6.07, 6.45) is 0.887. The molecule has 0 aliphatic rings. The molecule has 0 fully saturated rings. The number of halogens is 1. The van der Waals surface area contributed by atoms with E-state index >= 15 is 0 Å². The van der Waals surface area contributed by atoms with Gasteiger partial charge in [-0.3, -0.25) is 9.59 Å². The van der Waals surface area contributed by atoms with Gasteiger partial charge in [-0.05, 0) is 37.1 Å². The molecular weight excluding hydrogens is 418 g/mol. The lowest BCUT2D eigenvalue weighted by Crippen LogP contribution is -2.27. The summed E-state index contributed by atoms with van der Waals surface area (Å²) in [4.78, 5) is 24.3. The normalized spacial score (nSPS) is 11.8. The predicted octanol–water partition coefficient (Wildman–Crippen LogP) is 4.33. The highest BCUT2D eigenvalue weighted by Gasteiger charge is 2.10. The summed E-state index contributed by atoms with van der Waals surface area (Å²) in [6.45, 7) is 2.36. The summed E-state index contributed by atoms with van der Waals surface area (Å²) < 4.78 is 2.41. The van der Waals surface area contributed by atoms with Gasteiger partial charge in [0.05, 0.1) is 11.7 Å². The quantitative estimate of drug-likeness (QED) is 0.595. The first-order valence-corrected chi connectivity index (χ1v) is 10.0. The Bertz CT molecular complexity index is 985. The van der Waals surface area contributed by atoms with Gasteiger partial charge in [-0.25, -0.2) is 4.68 Å². The smallest absolute Gasteiger partial charge is 0.266 e. The van der Waals surface area contributed by atoms with Crippen LogP contribution in [-0.2, 0) is 11.3 Å². The average Bonchev–Trinajstić information content (AvgIpc) is 2.70. The number of aryl methyl sites for hydroxylation is 1. The van der Waals surface area contributed by atoms with E-state index in [-0.39, 0.29) is 17.5 Å². The molecule has 6 heteroatoms. The van der Waals surface area contributed by atoms with E-state index in [1.54, 1.807) is 6.07 Å². The van der Waals surface area contributed by atoms with E-state index in [9.17, 15) is 9.59 Å². The summed E-state index contributed by atoms with van der Waals surface area (Å²) in [7, 11) is 0. The minimum Gasteiger partial charge on any atom is -0.350 e. The largest absolute Gasteiger partial charge is 0.350 e. The zero-order valence-corrected chi connectivity index (χ0v) is 17.2. The molecule has 1 atom stereocenters. The molecule has 0 aliphatic carbocycles. The van der Waals surface area contributed by atoms with Gasteiger partial charge in [-0.15, -0.1) is 0 Å². The fraction of sp³-hybridized carbons (Fsp3) is 0.227. The molecule has 1 amide bonds. The van der Waals surface area contributed by atoms with Crippen LogP contribution in [0.1, 0.15) is 31.4 Å². The molecule has 0 radical (unpaired) electrons. The number of carbonyl (C=O) groups is 1. The maximum absolute atomic E-state index is 12.2. The first kappa shape index (κ1) is 20.0. The summed E-state index contributed by atoms with van der Waals surface area (Å²) >= 11 is 3.41. The molecule has 0 aliphatic heterocycles. The molecule has 0 saturated carbocycles. The number of hydrogen-bond donors (Lipinski definition) is 1. The van der Waals surface area contributed by atoms with Crippen LogP contribution in [0.15, 0.2) is 76.0 Å². The van der Waals surface area contributed by atoms with Crippen molar-refractivity contribution in [2.24, 2.45) is 0 Å². The van der Waals surface area contributed by atoms with Crippen LogP contribution >= 0.6 is 15.9 Å². The van der Waals surface area contributed by atoms with Crippen LogP contribution in [0.4, 0.5) is 0 Å². The molecule has 2 aromatic carbocycles. The fourth-order valence-corrected chi connectivity index (χ4v) is 3.18. The standard InChI is InChI=1S/C22H22BrN3O2/c1-16(17-6-3-2-4-7-17)24-21(27)8-5-15-26-22(28)14-13-20(25-26)18-9-11-19(23)12-10-18/h2-4,6-7,9-14,16H,5,8,15H2,1H3,(H,24,27). The lowest BCUT2D eigenvalue weighted by atomic mass is 10.1. The van der Waals surface area contributed by atoms with E-state index in [0.717, 1.165) is 21.3 Å². The molecule has 5 nitrogen and oxygen atoms in total. The van der Waals surface area contributed by atoms with E-state index in [1.807, 2.05) is 61.5 Å². The van der Waals surface area contributed by atoms with Gasteiger partial charge in [0.25, 0.3) is 5.56 Å². The second-order valence-electron chi connectivity index (χ2n) is 6.59. The highest BCUT2D eigenvalue weighted by Crippen LogP contribution is 2.18. The summed E-state index contributed by atoms with van der Waals surface area (Å²) in [5.41, 5.74) is 2.57. The second kappa shape index (κ2) is 9.46. The molecule has 0 bridgehead atoms. The Balaban J connectivity index is 1.57. The maximum atomic E-state index is 12.2. The summed E-state index contributed by atoms with van der Waals surface area (Å²) in [5, 5.41) is 7.42. The van der Waals surface area contributed by atoms with Crippen molar-refractivity contribution in [2.75, 3.05) is 0 Å². The van der Waals surface area contributed by atoms with Gasteiger partial charge in [-0.1, -0.05) is 58.4 Å². The van der Waals surface area contributed by atoms with Crippen molar-refractivity contribution in [2.45, 2.75) is 32.4 Å². The number of amides is 1. The number of benzene rings is 2. The minimum absolute atomic E-state index is 0.0338. The molecule has 1 N–H and O–H groups in total. The van der Waals surface area contributed by atoms with Gasteiger partial charge in [0.2, 0.25) is 5.91 Å². The minimum atomic E-state index is -0.168. The number of nitrogens with zero attached hydrogens (tertiary/aromatic N) is 2. The molecule has 0 saturated heterocycles. The first-order chi connectivity index (χ1) is 13.5. The predicted molar refractivity (Wildman–Crippen MR) is 114 cm³/mol. The van der Waals surface area contributed by atoms with E-state index < -0.39 is 0 Å². The van der Waals surface area contributed by atoms with Gasteiger partial charge < -0.3 is 5.32 Å². The Kier molecular flexibility index (Phi) is 6.76. The number of carbonyl (C=O) groups excluding carboxylic acids is 1. The van der Waals surface area contributed by atoms with Crippen molar-refractivity contribution in [1.29, 1.82) is 0 Å². The zero-order valence-electron chi connectivity index (χ0n) is 15.6. The molecule has 3 rings (SSSR count). The van der Waals surface area contributed by atoms with Crippen LogP contribution < -0.4 is 10.9 Å². The van der Waals surface area contributed by atoms with E-state index in [0.29, 0.717) is 19.4 Å². The fourth-order valence-electron chi connectivity index (χ4n) is 2.91. The van der Waals surface area contributed by atoms with Gasteiger partial charge in [0.15, 0.2) is 0 Å². The number of aromatic nitrogens is 2. The van der Waals surface area contributed by atoms with Crippen LogP contribution in [0.3, 0.4) is 0 Å². The topological polar surface area (TPSA) is 64.0 Å².